The van der Waals surface area contributed by atoms with Gasteiger partial charge in [0.2, 0.25) is 0 Å². The van der Waals surface area contributed by atoms with Crippen LogP contribution in [0.1, 0.15) is 17.3 Å². The van der Waals surface area contributed by atoms with Gasteiger partial charge >= 0.3 is 139 Å². The van der Waals surface area contributed by atoms with Crippen LogP contribution in [0.25, 0.3) is 19.6 Å². The molecule has 0 saturated heterocycles. The van der Waals surface area contributed by atoms with Crippen molar-refractivity contribution in [2.75, 3.05) is 13.4 Å². The van der Waals surface area contributed by atoms with E-state index in [-0.39, 0.29) is 20.5 Å². The van der Waals surface area contributed by atoms with Crippen molar-refractivity contribution in [1.82, 2.24) is 0 Å². The van der Waals surface area contributed by atoms with Gasteiger partial charge in [-0.3, -0.25) is 0 Å². The van der Waals surface area contributed by atoms with E-state index in [4.69, 9.17) is 14.2 Å². The normalized spacial score (nSPS) is 12.6. The zero-order chi connectivity index (χ0) is 15.8. The van der Waals surface area contributed by atoms with E-state index in [1.807, 2.05) is 30.3 Å². The summed E-state index contributed by atoms with van der Waals surface area (Å²) in [6.45, 7) is 2.50. The molecule has 1 aliphatic rings. The number of carbonyl (C=O) groups excluding carboxylic acids is 1. The molecule has 3 aromatic rings. The van der Waals surface area contributed by atoms with Gasteiger partial charge in [0.25, 0.3) is 0 Å². The number of fused-ring (bicyclic) bond motifs is 2. The Morgan fingerprint density at radius 1 is 1.13 bits per heavy atom. The number of carbonyl (C=O) groups is 1. The second-order valence-electron chi connectivity index (χ2n) is 5.15. The first-order chi connectivity index (χ1) is 11.2. The Hall–Kier alpha value is -2.23. The maximum absolute atomic E-state index is 11.7. The molecule has 116 valence electrons. The molecule has 0 saturated carbocycles. The molecule has 2 aromatic carbocycles. The number of hydrogen-bond donors (Lipinski definition) is 0. The van der Waals surface area contributed by atoms with Crippen molar-refractivity contribution in [3.8, 4) is 21.5 Å². The van der Waals surface area contributed by atoms with Crippen LogP contribution in [-0.4, -0.2) is 33.9 Å². The van der Waals surface area contributed by atoms with Crippen molar-refractivity contribution in [3.05, 3.63) is 48.0 Å². The van der Waals surface area contributed by atoms with Gasteiger partial charge in [0, 0.05) is 0 Å². The predicted molar refractivity (Wildman–Crippen MR) is 88.4 cm³/mol. The Morgan fingerprint density at radius 3 is 2.61 bits per heavy atom. The molecule has 1 aliphatic heterocycles. The van der Waals surface area contributed by atoms with E-state index in [1.54, 1.807) is 6.92 Å². The first kappa shape index (κ1) is 14.4. The van der Waals surface area contributed by atoms with Crippen molar-refractivity contribution >= 4 is 30.1 Å². The molecule has 0 amide bonds. The third kappa shape index (κ3) is 2.62. The van der Waals surface area contributed by atoms with Gasteiger partial charge in [-0.15, -0.1) is 0 Å². The van der Waals surface area contributed by atoms with E-state index in [1.165, 1.54) is 14.1 Å². The summed E-state index contributed by atoms with van der Waals surface area (Å²) in [5, 5.41) is 1.19. The van der Waals surface area contributed by atoms with Gasteiger partial charge in [-0.05, 0) is 0 Å². The molecule has 0 atom stereocenters. The fraction of sp³-hybridized carbons (Fsp3) is 0.167. The zero-order valence-corrected chi connectivity index (χ0v) is 14.2. The van der Waals surface area contributed by atoms with Gasteiger partial charge in [0.1, 0.15) is 0 Å². The van der Waals surface area contributed by atoms with Gasteiger partial charge in [-0.1, -0.05) is 0 Å². The van der Waals surface area contributed by atoms with E-state index < -0.39 is 0 Å². The second-order valence-corrected chi connectivity index (χ2v) is 7.43. The molecule has 4 nitrogen and oxygen atoms in total. The van der Waals surface area contributed by atoms with Crippen LogP contribution in [0, 0.1) is 0 Å². The number of ether oxygens (including phenoxy) is 3. The molecule has 0 bridgehead atoms. The molecule has 2 heterocycles. The first-order valence-electron chi connectivity index (χ1n) is 7.35. The van der Waals surface area contributed by atoms with Gasteiger partial charge in [-0.2, -0.15) is 0 Å². The minimum atomic E-state index is -0.279. The summed E-state index contributed by atoms with van der Waals surface area (Å²) in [5.41, 5.74) is 1.72. The molecule has 0 N–H and O–H groups in total. The molecule has 0 spiro atoms. The molecule has 5 heteroatoms. The molecule has 0 radical (unpaired) electrons. The Kier molecular flexibility index (Phi) is 3.60. The SMILES string of the molecule is CCOC(=O)c1ccc(-c2cc3cc4c(cc3[se]2)OCO4)cc1. The summed E-state index contributed by atoms with van der Waals surface area (Å²) in [6.07, 6.45) is 0. The van der Waals surface area contributed by atoms with Gasteiger partial charge < -0.3 is 0 Å². The molecule has 0 unspecified atom stereocenters. The summed E-state index contributed by atoms with van der Waals surface area (Å²) in [7, 11) is 0. The molecule has 0 aliphatic carbocycles. The first-order valence-corrected chi connectivity index (χ1v) is 9.06. The van der Waals surface area contributed by atoms with Crippen LogP contribution in [0.4, 0.5) is 0 Å². The minimum absolute atomic E-state index is 0.224. The van der Waals surface area contributed by atoms with Gasteiger partial charge in [-0.25, -0.2) is 0 Å². The number of rotatable bonds is 3. The van der Waals surface area contributed by atoms with Crippen molar-refractivity contribution in [2.24, 2.45) is 0 Å². The summed E-state index contributed by atoms with van der Waals surface area (Å²) < 4.78 is 18.5. The van der Waals surface area contributed by atoms with Crippen molar-refractivity contribution < 1.29 is 19.0 Å². The third-order valence-corrected chi connectivity index (χ3v) is 6.10. The Morgan fingerprint density at radius 2 is 1.87 bits per heavy atom. The Labute approximate surface area is 139 Å². The average molecular weight is 373 g/mol. The maximum atomic E-state index is 11.7. The fourth-order valence-electron chi connectivity index (χ4n) is 2.56. The average Bonchev–Trinajstić information content (AvgIpc) is 3.18. The zero-order valence-electron chi connectivity index (χ0n) is 12.5. The standard InChI is InChI=1S/C18H14O4Se/c1-2-20-18(19)12-5-3-11(4-6-12)16-8-13-7-14-15(22-10-21-14)9-17(13)23-16/h3-9H,2,10H2,1H3. The predicted octanol–water partition coefficient (Wildman–Crippen LogP) is 3.47. The Balaban J connectivity index is 1.67. The van der Waals surface area contributed by atoms with Crippen LogP contribution in [0.2, 0.25) is 0 Å². The third-order valence-electron chi connectivity index (χ3n) is 3.69. The van der Waals surface area contributed by atoms with Crippen LogP contribution in [0.5, 0.6) is 11.5 Å². The Bertz CT molecular complexity index is 839. The van der Waals surface area contributed by atoms with E-state index in [2.05, 4.69) is 12.1 Å². The van der Waals surface area contributed by atoms with Crippen molar-refractivity contribution in [3.63, 3.8) is 0 Å². The molecular weight excluding hydrogens is 359 g/mol. The van der Waals surface area contributed by atoms with E-state index in [0.29, 0.717) is 19.0 Å². The van der Waals surface area contributed by atoms with E-state index >= 15 is 0 Å². The topological polar surface area (TPSA) is 44.8 Å². The van der Waals surface area contributed by atoms with Crippen molar-refractivity contribution in [1.29, 1.82) is 0 Å². The summed E-state index contributed by atoms with van der Waals surface area (Å²) in [6, 6.07) is 13.9. The molecule has 1 aromatic heterocycles. The molecular formula is C18H14O4Se. The van der Waals surface area contributed by atoms with Crippen molar-refractivity contribution in [2.45, 2.75) is 6.92 Å². The van der Waals surface area contributed by atoms with Crippen LogP contribution < -0.4 is 9.47 Å². The number of benzene rings is 2. The number of hydrogen-bond acceptors (Lipinski definition) is 4. The fourth-order valence-corrected chi connectivity index (χ4v) is 4.82. The van der Waals surface area contributed by atoms with Gasteiger partial charge in [0.15, 0.2) is 0 Å². The summed E-state index contributed by atoms with van der Waals surface area (Å²) in [5.74, 6) is 1.37. The summed E-state index contributed by atoms with van der Waals surface area (Å²) >= 11 is 0.224. The summed E-state index contributed by atoms with van der Waals surface area (Å²) in [4.78, 5) is 11.7. The molecule has 4 rings (SSSR count). The van der Waals surface area contributed by atoms with Crippen LogP contribution in [-0.2, 0) is 4.74 Å². The monoisotopic (exact) mass is 374 g/mol. The van der Waals surface area contributed by atoms with Crippen LogP contribution in [0.3, 0.4) is 0 Å². The molecule has 23 heavy (non-hydrogen) atoms. The van der Waals surface area contributed by atoms with E-state index in [9.17, 15) is 4.79 Å². The molecule has 0 fully saturated rings. The van der Waals surface area contributed by atoms with Crippen LogP contribution >= 0.6 is 0 Å². The van der Waals surface area contributed by atoms with Gasteiger partial charge in [0.05, 0.1) is 0 Å². The van der Waals surface area contributed by atoms with Crippen LogP contribution in [0.15, 0.2) is 42.5 Å². The second kappa shape index (κ2) is 5.76. The van der Waals surface area contributed by atoms with E-state index in [0.717, 1.165) is 17.1 Å². The number of esters is 1. The quantitative estimate of drug-likeness (QED) is 0.521.